The highest BCUT2D eigenvalue weighted by molar-refractivity contribution is 5.92. The van der Waals surface area contributed by atoms with Gasteiger partial charge in [0.2, 0.25) is 5.91 Å². The van der Waals surface area contributed by atoms with E-state index in [2.05, 4.69) is 10.4 Å². The average Bonchev–Trinajstić information content (AvgIpc) is 3.45. The number of non-ortho nitro benzene ring substituents is 1. The van der Waals surface area contributed by atoms with Crippen LogP contribution in [0.3, 0.4) is 0 Å². The lowest BCUT2D eigenvalue weighted by molar-refractivity contribution is -0.384. The molecular formula is C19H19F5N4O4. The van der Waals surface area contributed by atoms with Gasteiger partial charge in [-0.05, 0) is 18.9 Å². The predicted octanol–water partition coefficient (Wildman–Crippen LogP) is 4.61. The van der Waals surface area contributed by atoms with Crippen molar-refractivity contribution in [3.63, 3.8) is 0 Å². The van der Waals surface area contributed by atoms with Crippen molar-refractivity contribution < 1.29 is 36.4 Å². The lowest BCUT2D eigenvalue weighted by Gasteiger charge is -2.15. The molecule has 8 nitrogen and oxygen atoms in total. The van der Waals surface area contributed by atoms with Crippen molar-refractivity contribution >= 4 is 17.3 Å². The van der Waals surface area contributed by atoms with Crippen molar-refractivity contribution in [1.82, 2.24) is 9.78 Å². The molecule has 1 unspecified atom stereocenters. The summed E-state index contributed by atoms with van der Waals surface area (Å²) in [6, 6.07) is 4.08. The van der Waals surface area contributed by atoms with Crippen LogP contribution in [0.2, 0.25) is 0 Å². The minimum absolute atomic E-state index is 0.0415. The first-order chi connectivity index (χ1) is 14.9. The van der Waals surface area contributed by atoms with Gasteiger partial charge in [0.1, 0.15) is 12.4 Å². The number of hydrogen-bond acceptors (Lipinski definition) is 5. The summed E-state index contributed by atoms with van der Waals surface area (Å²) in [5.74, 6) is -1.77. The molecule has 0 bridgehead atoms. The number of carbonyl (C=O) groups excluding carboxylic acids is 1. The molecule has 2 aromatic rings. The Balaban J connectivity index is 1.74. The molecule has 32 heavy (non-hydrogen) atoms. The van der Waals surface area contributed by atoms with E-state index in [0.717, 1.165) is 41.8 Å². The van der Waals surface area contributed by atoms with Gasteiger partial charge in [-0.3, -0.25) is 19.6 Å². The van der Waals surface area contributed by atoms with Crippen LogP contribution in [0.15, 0.2) is 24.3 Å². The van der Waals surface area contributed by atoms with Gasteiger partial charge in [0.05, 0.1) is 29.1 Å². The van der Waals surface area contributed by atoms with Crippen molar-refractivity contribution in [3.05, 3.63) is 45.8 Å². The van der Waals surface area contributed by atoms with E-state index >= 15 is 0 Å². The number of nitro groups is 1. The second-order valence-corrected chi connectivity index (χ2v) is 7.47. The molecule has 1 saturated carbocycles. The fraction of sp³-hybridized carbons (Fsp3) is 0.474. The van der Waals surface area contributed by atoms with Gasteiger partial charge in [0, 0.05) is 23.7 Å². The number of benzene rings is 1. The third kappa shape index (κ3) is 5.92. The average molecular weight is 462 g/mol. The molecule has 1 atom stereocenters. The van der Waals surface area contributed by atoms with Gasteiger partial charge >= 0.3 is 6.18 Å². The molecule has 1 aromatic carbocycles. The van der Waals surface area contributed by atoms with Crippen LogP contribution in [0, 0.1) is 16.0 Å². The number of hydrogen-bond donors (Lipinski definition) is 1. The number of halogens is 5. The molecule has 3 rings (SSSR count). The lowest BCUT2D eigenvalue weighted by Crippen LogP contribution is -2.25. The van der Waals surface area contributed by atoms with Gasteiger partial charge in [0.15, 0.2) is 5.69 Å². The van der Waals surface area contributed by atoms with E-state index in [0.29, 0.717) is 5.69 Å². The first-order valence-electron chi connectivity index (χ1n) is 9.60. The van der Waals surface area contributed by atoms with Crippen molar-refractivity contribution in [2.45, 2.75) is 44.8 Å². The van der Waals surface area contributed by atoms with E-state index in [4.69, 9.17) is 4.74 Å². The van der Waals surface area contributed by atoms with Gasteiger partial charge in [-0.2, -0.15) is 18.3 Å². The van der Waals surface area contributed by atoms with Crippen LogP contribution in [0.25, 0.3) is 0 Å². The van der Waals surface area contributed by atoms with E-state index < -0.39 is 47.3 Å². The standard InChI is InChI=1S/C19H19F5N4O4/c1-10(8-27-15(11-2-3-11)7-16(26-27)19(22,23)24)18(29)25-12-4-13(28(30)31)6-14(5-12)32-9-17(20)21/h4-7,10-11,17H,2-3,8-9H2,1H3,(H,25,29). The Hall–Kier alpha value is -3.25. The van der Waals surface area contributed by atoms with E-state index in [1.807, 2.05) is 0 Å². The zero-order valence-corrected chi connectivity index (χ0v) is 16.7. The van der Waals surface area contributed by atoms with Crippen molar-refractivity contribution in [3.8, 4) is 5.75 Å². The molecule has 1 amide bonds. The monoisotopic (exact) mass is 462 g/mol. The zero-order valence-electron chi connectivity index (χ0n) is 16.7. The molecule has 0 saturated heterocycles. The van der Waals surface area contributed by atoms with Gasteiger partial charge in [0.25, 0.3) is 12.1 Å². The molecule has 1 N–H and O–H groups in total. The summed E-state index contributed by atoms with van der Waals surface area (Å²) in [4.78, 5) is 22.9. The van der Waals surface area contributed by atoms with Gasteiger partial charge in [-0.15, -0.1) is 0 Å². The number of aromatic nitrogens is 2. The molecule has 1 aliphatic rings. The maximum absolute atomic E-state index is 13.0. The van der Waals surface area contributed by atoms with Crippen molar-refractivity contribution in [2.24, 2.45) is 5.92 Å². The Morgan fingerprint density at radius 2 is 2.00 bits per heavy atom. The van der Waals surface area contributed by atoms with Crippen LogP contribution in [0.4, 0.5) is 33.3 Å². The highest BCUT2D eigenvalue weighted by Crippen LogP contribution is 2.42. The molecule has 0 radical (unpaired) electrons. The Morgan fingerprint density at radius 1 is 1.31 bits per heavy atom. The number of anilines is 1. The van der Waals surface area contributed by atoms with Crippen LogP contribution in [0.5, 0.6) is 5.75 Å². The highest BCUT2D eigenvalue weighted by atomic mass is 19.4. The summed E-state index contributed by atoms with van der Waals surface area (Å²) in [6.45, 7) is 0.333. The number of nitrogens with zero attached hydrogens (tertiary/aromatic N) is 3. The maximum Gasteiger partial charge on any atom is 0.435 e. The molecule has 1 aromatic heterocycles. The Morgan fingerprint density at radius 3 is 2.56 bits per heavy atom. The largest absolute Gasteiger partial charge is 0.487 e. The fourth-order valence-electron chi connectivity index (χ4n) is 3.03. The number of amides is 1. The van der Waals surface area contributed by atoms with Crippen molar-refractivity contribution in [1.29, 1.82) is 0 Å². The minimum Gasteiger partial charge on any atom is -0.487 e. The van der Waals surface area contributed by atoms with Crippen LogP contribution < -0.4 is 10.1 Å². The van der Waals surface area contributed by atoms with Crippen LogP contribution in [-0.2, 0) is 17.5 Å². The van der Waals surface area contributed by atoms with Crippen LogP contribution in [-0.4, -0.2) is 33.6 Å². The highest BCUT2D eigenvalue weighted by Gasteiger charge is 2.38. The third-order valence-electron chi connectivity index (χ3n) is 4.74. The second kappa shape index (κ2) is 9.09. The number of carbonyl (C=O) groups is 1. The summed E-state index contributed by atoms with van der Waals surface area (Å²) < 4.78 is 69.8. The second-order valence-electron chi connectivity index (χ2n) is 7.47. The first kappa shape index (κ1) is 23.4. The zero-order chi connectivity index (χ0) is 23.6. The van der Waals surface area contributed by atoms with E-state index in [1.54, 1.807) is 0 Å². The quantitative estimate of drug-likeness (QED) is 0.333. The fourth-order valence-corrected chi connectivity index (χ4v) is 3.03. The molecule has 174 valence electrons. The van der Waals surface area contributed by atoms with Crippen molar-refractivity contribution in [2.75, 3.05) is 11.9 Å². The normalized spacial score (nSPS) is 15.0. The summed E-state index contributed by atoms with van der Waals surface area (Å²) in [6.07, 6.45) is -5.95. The predicted molar refractivity (Wildman–Crippen MR) is 102 cm³/mol. The minimum atomic E-state index is -4.61. The lowest BCUT2D eigenvalue weighted by atomic mass is 10.1. The van der Waals surface area contributed by atoms with Gasteiger partial charge < -0.3 is 10.1 Å². The van der Waals surface area contributed by atoms with Crippen LogP contribution in [0.1, 0.15) is 37.1 Å². The smallest absolute Gasteiger partial charge is 0.435 e. The molecule has 13 heteroatoms. The van der Waals surface area contributed by atoms with E-state index in [9.17, 15) is 36.9 Å². The third-order valence-corrected chi connectivity index (χ3v) is 4.74. The Bertz CT molecular complexity index is 1000. The molecule has 0 spiro atoms. The number of nitrogens with one attached hydrogen (secondary N) is 1. The molecular weight excluding hydrogens is 443 g/mol. The molecule has 0 aliphatic heterocycles. The van der Waals surface area contributed by atoms with E-state index in [1.165, 1.54) is 6.92 Å². The topological polar surface area (TPSA) is 99.3 Å². The molecule has 1 fully saturated rings. The number of rotatable bonds is 9. The van der Waals surface area contributed by atoms with Crippen LogP contribution >= 0.6 is 0 Å². The summed E-state index contributed by atoms with van der Waals surface area (Å²) in [7, 11) is 0. The summed E-state index contributed by atoms with van der Waals surface area (Å²) in [5, 5.41) is 17.1. The molecule has 1 aliphatic carbocycles. The van der Waals surface area contributed by atoms with Gasteiger partial charge in [-0.25, -0.2) is 8.78 Å². The Kier molecular flexibility index (Phi) is 6.65. The summed E-state index contributed by atoms with van der Waals surface area (Å²) in [5.41, 5.74) is -1.20. The molecule has 1 heterocycles. The van der Waals surface area contributed by atoms with Gasteiger partial charge in [-0.1, -0.05) is 6.92 Å². The first-order valence-corrected chi connectivity index (χ1v) is 9.60. The van der Waals surface area contributed by atoms with E-state index in [-0.39, 0.29) is 23.9 Å². The Labute approximate surface area is 178 Å². The summed E-state index contributed by atoms with van der Waals surface area (Å²) >= 11 is 0. The number of nitro benzene ring substituents is 1. The number of ether oxygens (including phenoxy) is 1. The number of alkyl halides is 5. The SMILES string of the molecule is CC(Cn1nc(C(F)(F)F)cc1C1CC1)C(=O)Nc1cc(OCC(F)F)cc([N+](=O)[O-])c1. The maximum atomic E-state index is 13.0.